The molecule has 12 heavy (non-hydrogen) atoms. The molecule has 68 valence electrons. The summed E-state index contributed by atoms with van der Waals surface area (Å²) >= 11 is 0. The van der Waals surface area contributed by atoms with Crippen molar-refractivity contribution >= 4 is 5.91 Å². The van der Waals surface area contributed by atoms with Gasteiger partial charge in [-0.25, -0.2) is 5.06 Å². The normalized spacial score (nSPS) is 25.2. The SMILES string of the molecule is O=C(C1CNC1)N1CCCCO1. The highest BCUT2D eigenvalue weighted by Gasteiger charge is 2.30. The second-order valence-corrected chi connectivity index (χ2v) is 3.34. The topological polar surface area (TPSA) is 41.6 Å². The van der Waals surface area contributed by atoms with Crippen molar-refractivity contribution in [2.24, 2.45) is 5.92 Å². The zero-order valence-corrected chi connectivity index (χ0v) is 7.08. The minimum absolute atomic E-state index is 0.161. The molecule has 4 heteroatoms. The van der Waals surface area contributed by atoms with Gasteiger partial charge in [0.1, 0.15) is 0 Å². The van der Waals surface area contributed by atoms with E-state index in [1.807, 2.05) is 0 Å². The lowest BCUT2D eigenvalue weighted by molar-refractivity contribution is -0.202. The Morgan fingerprint density at radius 2 is 2.25 bits per heavy atom. The maximum absolute atomic E-state index is 11.5. The Balaban J connectivity index is 1.84. The lowest BCUT2D eigenvalue weighted by Crippen LogP contribution is -2.52. The van der Waals surface area contributed by atoms with Crippen LogP contribution in [0.25, 0.3) is 0 Å². The summed E-state index contributed by atoms with van der Waals surface area (Å²) in [6, 6.07) is 0. The first-order chi connectivity index (χ1) is 5.88. The smallest absolute Gasteiger partial charge is 0.251 e. The van der Waals surface area contributed by atoms with Crippen molar-refractivity contribution in [1.82, 2.24) is 10.4 Å². The van der Waals surface area contributed by atoms with Crippen LogP contribution >= 0.6 is 0 Å². The van der Waals surface area contributed by atoms with Gasteiger partial charge in [0, 0.05) is 19.6 Å². The van der Waals surface area contributed by atoms with Crippen LogP contribution in [0.4, 0.5) is 0 Å². The van der Waals surface area contributed by atoms with Gasteiger partial charge >= 0.3 is 0 Å². The Hall–Kier alpha value is -0.610. The van der Waals surface area contributed by atoms with E-state index in [0.717, 1.165) is 32.5 Å². The highest BCUT2D eigenvalue weighted by atomic mass is 16.7. The second kappa shape index (κ2) is 3.41. The van der Waals surface area contributed by atoms with Crippen molar-refractivity contribution in [2.75, 3.05) is 26.2 Å². The van der Waals surface area contributed by atoms with E-state index in [9.17, 15) is 4.79 Å². The number of nitrogens with one attached hydrogen (secondary N) is 1. The molecule has 4 nitrogen and oxygen atoms in total. The van der Waals surface area contributed by atoms with Gasteiger partial charge in [0.25, 0.3) is 5.91 Å². The molecule has 1 amide bonds. The van der Waals surface area contributed by atoms with Crippen LogP contribution in [0.3, 0.4) is 0 Å². The zero-order chi connectivity index (χ0) is 8.39. The van der Waals surface area contributed by atoms with E-state index in [1.165, 1.54) is 5.06 Å². The Morgan fingerprint density at radius 1 is 1.42 bits per heavy atom. The van der Waals surface area contributed by atoms with E-state index < -0.39 is 0 Å². The number of nitrogens with zero attached hydrogens (tertiary/aromatic N) is 1. The molecule has 2 fully saturated rings. The molecule has 2 aliphatic rings. The van der Waals surface area contributed by atoms with E-state index in [0.29, 0.717) is 6.61 Å². The summed E-state index contributed by atoms with van der Waals surface area (Å²) < 4.78 is 0. The fourth-order valence-corrected chi connectivity index (χ4v) is 1.44. The summed E-state index contributed by atoms with van der Waals surface area (Å²) in [5, 5.41) is 4.61. The van der Waals surface area contributed by atoms with Gasteiger partial charge in [-0.05, 0) is 12.8 Å². The molecule has 2 aliphatic heterocycles. The molecule has 0 radical (unpaired) electrons. The maximum Gasteiger partial charge on any atom is 0.251 e. The molecule has 0 aliphatic carbocycles. The Morgan fingerprint density at radius 3 is 2.75 bits per heavy atom. The first-order valence-electron chi connectivity index (χ1n) is 4.53. The Labute approximate surface area is 71.8 Å². The third kappa shape index (κ3) is 1.44. The summed E-state index contributed by atoms with van der Waals surface area (Å²) in [6.45, 7) is 3.11. The zero-order valence-electron chi connectivity index (χ0n) is 7.08. The molecule has 2 rings (SSSR count). The van der Waals surface area contributed by atoms with E-state index in [4.69, 9.17) is 4.84 Å². The van der Waals surface area contributed by atoms with Crippen molar-refractivity contribution in [3.63, 3.8) is 0 Å². The van der Waals surface area contributed by atoms with Crippen LogP contribution < -0.4 is 5.32 Å². The average Bonchev–Trinajstić information content (AvgIpc) is 2.03. The number of hydrogen-bond acceptors (Lipinski definition) is 3. The molecule has 0 spiro atoms. The first kappa shape index (κ1) is 8.01. The largest absolute Gasteiger partial charge is 0.315 e. The van der Waals surface area contributed by atoms with Crippen molar-refractivity contribution < 1.29 is 9.63 Å². The number of rotatable bonds is 1. The Kier molecular flexibility index (Phi) is 2.28. The minimum atomic E-state index is 0.161. The van der Waals surface area contributed by atoms with Gasteiger partial charge in [-0.1, -0.05) is 0 Å². The van der Waals surface area contributed by atoms with E-state index in [1.54, 1.807) is 0 Å². The highest BCUT2D eigenvalue weighted by molar-refractivity contribution is 5.79. The van der Waals surface area contributed by atoms with Crippen LogP contribution in [0.15, 0.2) is 0 Å². The van der Waals surface area contributed by atoms with Gasteiger partial charge in [-0.15, -0.1) is 0 Å². The van der Waals surface area contributed by atoms with Crippen LogP contribution in [-0.4, -0.2) is 37.2 Å². The highest BCUT2D eigenvalue weighted by Crippen LogP contribution is 2.13. The van der Waals surface area contributed by atoms with Gasteiger partial charge < -0.3 is 5.32 Å². The van der Waals surface area contributed by atoms with Crippen LogP contribution in [0.2, 0.25) is 0 Å². The number of carbonyl (C=O) groups excluding carboxylic acids is 1. The molecule has 0 aromatic carbocycles. The molecule has 0 aromatic rings. The predicted molar refractivity (Wildman–Crippen MR) is 43.3 cm³/mol. The molecule has 0 atom stereocenters. The summed E-state index contributed by atoms with van der Waals surface area (Å²) in [7, 11) is 0. The number of hydrogen-bond donors (Lipinski definition) is 1. The molecule has 1 N–H and O–H groups in total. The Bertz CT molecular complexity index is 174. The van der Waals surface area contributed by atoms with Gasteiger partial charge in [0.2, 0.25) is 0 Å². The lowest BCUT2D eigenvalue weighted by atomic mass is 10.0. The number of carbonyl (C=O) groups is 1. The van der Waals surface area contributed by atoms with Gasteiger partial charge in [-0.2, -0.15) is 0 Å². The maximum atomic E-state index is 11.5. The fourth-order valence-electron chi connectivity index (χ4n) is 1.44. The van der Waals surface area contributed by atoms with Crippen molar-refractivity contribution in [1.29, 1.82) is 0 Å². The monoisotopic (exact) mass is 170 g/mol. The molecular formula is C8H14N2O2. The van der Waals surface area contributed by atoms with Crippen LogP contribution in [0.5, 0.6) is 0 Å². The average molecular weight is 170 g/mol. The number of hydroxylamine groups is 2. The molecule has 2 heterocycles. The minimum Gasteiger partial charge on any atom is -0.315 e. The molecule has 0 saturated carbocycles. The van der Waals surface area contributed by atoms with E-state index >= 15 is 0 Å². The third-order valence-corrected chi connectivity index (χ3v) is 2.38. The molecular weight excluding hydrogens is 156 g/mol. The summed E-state index contributed by atoms with van der Waals surface area (Å²) in [5.41, 5.74) is 0. The molecule has 0 unspecified atom stereocenters. The van der Waals surface area contributed by atoms with Crippen molar-refractivity contribution in [3.05, 3.63) is 0 Å². The quantitative estimate of drug-likeness (QED) is 0.590. The number of amides is 1. The van der Waals surface area contributed by atoms with Crippen LogP contribution in [-0.2, 0) is 9.63 Å². The van der Waals surface area contributed by atoms with E-state index in [-0.39, 0.29) is 11.8 Å². The summed E-state index contributed by atoms with van der Waals surface area (Å²) in [6.07, 6.45) is 2.15. The van der Waals surface area contributed by atoms with Crippen molar-refractivity contribution in [2.45, 2.75) is 12.8 Å². The molecule has 2 saturated heterocycles. The lowest BCUT2D eigenvalue weighted by Gasteiger charge is -2.33. The fraction of sp³-hybridized carbons (Fsp3) is 0.875. The summed E-state index contributed by atoms with van der Waals surface area (Å²) in [5.74, 6) is 0.330. The van der Waals surface area contributed by atoms with Crippen LogP contribution in [0.1, 0.15) is 12.8 Å². The van der Waals surface area contributed by atoms with Crippen LogP contribution in [0, 0.1) is 5.92 Å². The second-order valence-electron chi connectivity index (χ2n) is 3.34. The van der Waals surface area contributed by atoms with Gasteiger partial charge in [0.15, 0.2) is 0 Å². The summed E-state index contributed by atoms with van der Waals surface area (Å²) in [4.78, 5) is 16.8. The third-order valence-electron chi connectivity index (χ3n) is 2.38. The van der Waals surface area contributed by atoms with Gasteiger partial charge in [-0.3, -0.25) is 9.63 Å². The standard InChI is InChI=1S/C8H14N2O2/c11-8(7-5-9-6-7)10-3-1-2-4-12-10/h7,9H,1-6H2. The van der Waals surface area contributed by atoms with Gasteiger partial charge in [0.05, 0.1) is 12.5 Å². The molecule has 0 aromatic heterocycles. The predicted octanol–water partition coefficient (Wildman–Crippen LogP) is -0.240. The van der Waals surface area contributed by atoms with E-state index in [2.05, 4.69) is 5.32 Å². The first-order valence-corrected chi connectivity index (χ1v) is 4.53. The van der Waals surface area contributed by atoms with Crippen molar-refractivity contribution in [3.8, 4) is 0 Å². The molecule has 0 bridgehead atoms.